The largest absolute Gasteiger partial charge is 0.496 e. The summed E-state index contributed by atoms with van der Waals surface area (Å²) in [6.45, 7) is 6.14. The van der Waals surface area contributed by atoms with Crippen LogP contribution >= 0.6 is 0 Å². The minimum atomic E-state index is 0.876. The number of aryl methyl sites for hydroxylation is 3. The van der Waals surface area contributed by atoms with Crippen LogP contribution in [-0.4, -0.2) is 26.5 Å². The number of hydrogen-bond acceptors (Lipinski definition) is 3. The smallest absolute Gasteiger partial charge is 0.154 e. The Morgan fingerprint density at radius 2 is 1.87 bits per heavy atom. The topological polar surface area (TPSA) is 55.2 Å². The van der Waals surface area contributed by atoms with E-state index in [-0.39, 0.29) is 0 Å². The van der Waals surface area contributed by atoms with Gasteiger partial charge in [-0.1, -0.05) is 0 Å². The van der Waals surface area contributed by atoms with Crippen molar-refractivity contribution in [1.29, 1.82) is 0 Å². The van der Waals surface area contributed by atoms with E-state index in [2.05, 4.69) is 45.3 Å². The highest BCUT2D eigenvalue weighted by molar-refractivity contribution is 5.86. The molecule has 23 heavy (non-hydrogen) atoms. The van der Waals surface area contributed by atoms with Crippen LogP contribution in [0.2, 0.25) is 0 Å². The van der Waals surface area contributed by atoms with Gasteiger partial charge in [-0.2, -0.15) is 0 Å². The van der Waals surface area contributed by atoms with Crippen LogP contribution in [0.5, 0.6) is 5.75 Å². The first-order valence-electron chi connectivity index (χ1n) is 7.56. The minimum Gasteiger partial charge on any atom is -0.496 e. The highest BCUT2D eigenvalue weighted by atomic mass is 16.5. The van der Waals surface area contributed by atoms with Gasteiger partial charge in [-0.05, 0) is 50.1 Å². The molecule has 0 fully saturated rings. The lowest BCUT2D eigenvalue weighted by Crippen LogP contribution is -1.95. The quantitative estimate of drug-likeness (QED) is 0.612. The van der Waals surface area contributed by atoms with Crippen molar-refractivity contribution in [2.45, 2.75) is 20.8 Å². The van der Waals surface area contributed by atoms with Crippen LogP contribution in [0, 0.1) is 20.8 Å². The first-order valence-corrected chi connectivity index (χ1v) is 7.56. The predicted molar refractivity (Wildman–Crippen MR) is 91.0 cm³/mol. The second kappa shape index (κ2) is 4.84. The number of fused-ring (bicyclic) bond motifs is 3. The van der Waals surface area contributed by atoms with Crippen LogP contribution < -0.4 is 4.74 Å². The van der Waals surface area contributed by atoms with Crippen molar-refractivity contribution in [1.82, 2.24) is 19.4 Å². The second-order valence-corrected chi connectivity index (χ2v) is 5.86. The zero-order valence-electron chi connectivity index (χ0n) is 13.6. The Labute approximate surface area is 134 Å². The molecule has 5 heteroatoms. The van der Waals surface area contributed by atoms with Crippen LogP contribution in [0.1, 0.15) is 16.8 Å². The Kier molecular flexibility index (Phi) is 2.91. The molecule has 0 bridgehead atoms. The molecule has 0 radical (unpaired) electrons. The Bertz CT molecular complexity index is 1020. The number of benzene rings is 1. The molecule has 3 aromatic heterocycles. The second-order valence-electron chi connectivity index (χ2n) is 5.86. The summed E-state index contributed by atoms with van der Waals surface area (Å²) in [5.41, 5.74) is 8.16. The van der Waals surface area contributed by atoms with Gasteiger partial charge in [0.1, 0.15) is 12.1 Å². The molecule has 0 aliphatic carbocycles. The Hall–Kier alpha value is -2.82. The molecular formula is C18H18N4O. The number of hydrogen-bond donors (Lipinski definition) is 1. The van der Waals surface area contributed by atoms with Gasteiger partial charge in [0, 0.05) is 11.8 Å². The highest BCUT2D eigenvalue weighted by Gasteiger charge is 2.15. The summed E-state index contributed by atoms with van der Waals surface area (Å²) in [5, 5.41) is 0. The van der Waals surface area contributed by atoms with E-state index in [9.17, 15) is 0 Å². The molecule has 4 aromatic rings. The minimum absolute atomic E-state index is 0.876. The van der Waals surface area contributed by atoms with Crippen LogP contribution in [0.15, 0.2) is 30.7 Å². The van der Waals surface area contributed by atoms with Crippen molar-refractivity contribution in [2.75, 3.05) is 7.11 Å². The first kappa shape index (κ1) is 13.8. The summed E-state index contributed by atoms with van der Waals surface area (Å²) in [5.74, 6) is 0.931. The van der Waals surface area contributed by atoms with Crippen LogP contribution in [0.25, 0.3) is 27.9 Å². The van der Waals surface area contributed by atoms with Crippen LogP contribution in [-0.2, 0) is 0 Å². The summed E-state index contributed by atoms with van der Waals surface area (Å²) in [6, 6.07) is 6.26. The van der Waals surface area contributed by atoms with E-state index in [0.29, 0.717) is 0 Å². The molecule has 4 rings (SSSR count). The van der Waals surface area contributed by atoms with Crippen molar-refractivity contribution in [3.05, 3.63) is 47.5 Å². The first-order chi connectivity index (χ1) is 11.1. The molecule has 3 heterocycles. The number of nitrogens with zero attached hydrogens (tertiary/aromatic N) is 3. The highest BCUT2D eigenvalue weighted by Crippen LogP contribution is 2.32. The number of rotatable bonds is 2. The third-order valence-electron chi connectivity index (χ3n) is 4.29. The Balaban J connectivity index is 2.03. The molecule has 0 amide bonds. The average Bonchev–Trinajstić information content (AvgIpc) is 3.12. The summed E-state index contributed by atoms with van der Waals surface area (Å²) >= 11 is 0. The maximum absolute atomic E-state index is 5.46. The summed E-state index contributed by atoms with van der Waals surface area (Å²) in [7, 11) is 1.71. The van der Waals surface area contributed by atoms with E-state index in [4.69, 9.17) is 4.74 Å². The van der Waals surface area contributed by atoms with Gasteiger partial charge in [0.15, 0.2) is 5.65 Å². The molecule has 1 aromatic carbocycles. The van der Waals surface area contributed by atoms with Crippen LogP contribution in [0.4, 0.5) is 0 Å². The van der Waals surface area contributed by atoms with E-state index < -0.39 is 0 Å². The lowest BCUT2D eigenvalue weighted by molar-refractivity contribution is 0.408. The third-order valence-corrected chi connectivity index (χ3v) is 4.29. The SMILES string of the molecule is COc1c(C)cc(-c2ncn3c2c(C)nc2[nH]ccc23)cc1C. The number of aromatic nitrogens is 4. The maximum atomic E-state index is 5.46. The molecular weight excluding hydrogens is 288 g/mol. The lowest BCUT2D eigenvalue weighted by atomic mass is 10.0. The summed E-state index contributed by atoms with van der Waals surface area (Å²) in [4.78, 5) is 12.5. The lowest BCUT2D eigenvalue weighted by Gasteiger charge is -2.11. The fourth-order valence-electron chi connectivity index (χ4n) is 3.35. The third kappa shape index (κ3) is 1.93. The van der Waals surface area contributed by atoms with E-state index >= 15 is 0 Å². The molecule has 0 aliphatic rings. The van der Waals surface area contributed by atoms with Crippen molar-refractivity contribution in [2.24, 2.45) is 0 Å². The van der Waals surface area contributed by atoms with E-state index in [1.807, 2.05) is 25.5 Å². The van der Waals surface area contributed by atoms with Crippen molar-refractivity contribution >= 4 is 16.7 Å². The van der Waals surface area contributed by atoms with Gasteiger partial charge < -0.3 is 9.72 Å². The fraction of sp³-hybridized carbons (Fsp3) is 0.222. The normalized spacial score (nSPS) is 11.5. The monoisotopic (exact) mass is 306 g/mol. The average molecular weight is 306 g/mol. The molecule has 116 valence electrons. The Morgan fingerprint density at radius 3 is 2.57 bits per heavy atom. The van der Waals surface area contributed by atoms with Gasteiger partial charge in [0.2, 0.25) is 0 Å². The zero-order chi connectivity index (χ0) is 16.1. The predicted octanol–water partition coefficient (Wildman–Crippen LogP) is 3.81. The van der Waals surface area contributed by atoms with Gasteiger partial charge in [-0.25, -0.2) is 9.97 Å². The van der Waals surface area contributed by atoms with Gasteiger partial charge in [-0.3, -0.25) is 4.40 Å². The van der Waals surface area contributed by atoms with E-state index in [1.54, 1.807) is 7.11 Å². The van der Waals surface area contributed by atoms with Crippen molar-refractivity contribution in [3.8, 4) is 17.0 Å². The molecule has 1 N–H and O–H groups in total. The zero-order valence-corrected chi connectivity index (χ0v) is 13.6. The van der Waals surface area contributed by atoms with E-state index in [0.717, 1.165) is 50.5 Å². The fourth-order valence-corrected chi connectivity index (χ4v) is 3.35. The van der Waals surface area contributed by atoms with Crippen molar-refractivity contribution in [3.63, 3.8) is 0 Å². The molecule has 0 unspecified atom stereocenters. The van der Waals surface area contributed by atoms with Gasteiger partial charge >= 0.3 is 0 Å². The summed E-state index contributed by atoms with van der Waals surface area (Å²) < 4.78 is 7.56. The molecule has 0 saturated heterocycles. The number of nitrogens with one attached hydrogen (secondary N) is 1. The molecule has 5 nitrogen and oxygen atoms in total. The molecule has 0 saturated carbocycles. The van der Waals surface area contributed by atoms with E-state index in [1.165, 1.54) is 0 Å². The summed E-state index contributed by atoms with van der Waals surface area (Å²) in [6.07, 6.45) is 3.77. The molecule has 0 atom stereocenters. The van der Waals surface area contributed by atoms with Gasteiger partial charge in [-0.15, -0.1) is 0 Å². The van der Waals surface area contributed by atoms with Gasteiger partial charge in [0.25, 0.3) is 0 Å². The number of imidazole rings is 1. The number of ether oxygens (including phenoxy) is 1. The maximum Gasteiger partial charge on any atom is 0.154 e. The number of H-pyrrole nitrogens is 1. The number of methoxy groups -OCH3 is 1. The van der Waals surface area contributed by atoms with Crippen LogP contribution in [0.3, 0.4) is 0 Å². The molecule has 0 spiro atoms. The Morgan fingerprint density at radius 1 is 1.13 bits per heavy atom. The van der Waals surface area contributed by atoms with Crippen molar-refractivity contribution < 1.29 is 4.74 Å². The molecule has 0 aliphatic heterocycles. The standard InChI is InChI=1S/C18H18N4O/c1-10-7-13(8-11(2)17(10)23-4)15-16-12(3)21-18-14(5-6-19-18)22(16)9-20-15/h5-9,19H,1-4H3. The number of aromatic amines is 1. The van der Waals surface area contributed by atoms with Gasteiger partial charge in [0.05, 0.1) is 29.5 Å².